The molecule has 1 aromatic rings. The van der Waals surface area contributed by atoms with Gasteiger partial charge in [-0.2, -0.15) is 0 Å². The number of benzene rings is 1. The Balaban J connectivity index is 2.01. The van der Waals surface area contributed by atoms with Crippen LogP contribution in [-0.2, 0) is 11.2 Å². The van der Waals surface area contributed by atoms with E-state index in [1.807, 2.05) is 30.3 Å². The second-order valence-corrected chi connectivity index (χ2v) is 3.97. The molecule has 0 saturated carbocycles. The van der Waals surface area contributed by atoms with Gasteiger partial charge in [0.2, 0.25) is 5.91 Å². The van der Waals surface area contributed by atoms with Gasteiger partial charge in [0, 0.05) is 6.42 Å². The van der Waals surface area contributed by atoms with Crippen molar-refractivity contribution in [1.29, 1.82) is 0 Å². The molecule has 0 unspecified atom stereocenters. The number of piperidine rings is 1. The SMILES string of the molecule is O=C1CC[C@H](O)[C@H](Cc2ccccc2)N1. The van der Waals surface area contributed by atoms with E-state index in [-0.39, 0.29) is 11.9 Å². The first-order valence-electron chi connectivity index (χ1n) is 5.27. The Morgan fingerprint density at radius 2 is 2.07 bits per heavy atom. The Hall–Kier alpha value is -1.35. The third kappa shape index (κ3) is 2.57. The minimum Gasteiger partial charge on any atom is -0.391 e. The van der Waals surface area contributed by atoms with Crippen LogP contribution in [0, 0.1) is 0 Å². The number of carbonyl (C=O) groups is 1. The summed E-state index contributed by atoms with van der Waals surface area (Å²) in [5.74, 6) is 0.0428. The molecular weight excluding hydrogens is 190 g/mol. The molecule has 3 nitrogen and oxygen atoms in total. The van der Waals surface area contributed by atoms with E-state index in [2.05, 4.69) is 5.32 Å². The maximum Gasteiger partial charge on any atom is 0.220 e. The second-order valence-electron chi connectivity index (χ2n) is 3.97. The van der Waals surface area contributed by atoms with Crippen molar-refractivity contribution in [2.45, 2.75) is 31.4 Å². The molecule has 0 aliphatic carbocycles. The highest BCUT2D eigenvalue weighted by atomic mass is 16.3. The summed E-state index contributed by atoms with van der Waals surface area (Å²) >= 11 is 0. The van der Waals surface area contributed by atoms with E-state index >= 15 is 0 Å². The molecule has 1 aliphatic heterocycles. The minimum atomic E-state index is -0.414. The third-order valence-electron chi connectivity index (χ3n) is 2.78. The fourth-order valence-electron chi connectivity index (χ4n) is 1.91. The normalized spacial score (nSPS) is 26.1. The molecule has 1 heterocycles. The Morgan fingerprint density at radius 1 is 1.33 bits per heavy atom. The van der Waals surface area contributed by atoms with Crippen LogP contribution in [0.25, 0.3) is 0 Å². The first-order valence-corrected chi connectivity index (χ1v) is 5.27. The Labute approximate surface area is 89.1 Å². The van der Waals surface area contributed by atoms with Crippen molar-refractivity contribution in [2.75, 3.05) is 0 Å². The van der Waals surface area contributed by atoms with Gasteiger partial charge in [0.15, 0.2) is 0 Å². The zero-order valence-electron chi connectivity index (χ0n) is 8.52. The molecule has 0 spiro atoms. The average molecular weight is 205 g/mol. The number of aliphatic hydroxyl groups excluding tert-OH is 1. The fourth-order valence-corrected chi connectivity index (χ4v) is 1.91. The van der Waals surface area contributed by atoms with Crippen molar-refractivity contribution in [3.63, 3.8) is 0 Å². The highest BCUT2D eigenvalue weighted by Crippen LogP contribution is 2.14. The molecule has 2 N–H and O–H groups in total. The van der Waals surface area contributed by atoms with Crippen LogP contribution in [0.2, 0.25) is 0 Å². The van der Waals surface area contributed by atoms with Crippen LogP contribution in [0.5, 0.6) is 0 Å². The third-order valence-corrected chi connectivity index (χ3v) is 2.78. The van der Waals surface area contributed by atoms with E-state index < -0.39 is 6.10 Å². The number of aliphatic hydroxyl groups is 1. The van der Waals surface area contributed by atoms with Crippen molar-refractivity contribution in [3.8, 4) is 0 Å². The molecule has 1 saturated heterocycles. The van der Waals surface area contributed by atoms with Gasteiger partial charge < -0.3 is 10.4 Å². The lowest BCUT2D eigenvalue weighted by molar-refractivity contribution is -0.125. The summed E-state index contributed by atoms with van der Waals surface area (Å²) in [6.07, 6.45) is 1.30. The minimum absolute atomic E-state index is 0.0428. The van der Waals surface area contributed by atoms with Gasteiger partial charge in [0.05, 0.1) is 12.1 Å². The van der Waals surface area contributed by atoms with Crippen molar-refractivity contribution in [2.24, 2.45) is 0 Å². The summed E-state index contributed by atoms with van der Waals surface area (Å²) < 4.78 is 0. The molecular formula is C12H15NO2. The van der Waals surface area contributed by atoms with E-state index in [0.29, 0.717) is 19.3 Å². The zero-order valence-corrected chi connectivity index (χ0v) is 8.52. The van der Waals surface area contributed by atoms with Crippen LogP contribution in [0.15, 0.2) is 30.3 Å². The molecule has 0 bridgehead atoms. The molecule has 15 heavy (non-hydrogen) atoms. The van der Waals surface area contributed by atoms with Crippen molar-refractivity contribution < 1.29 is 9.90 Å². The van der Waals surface area contributed by atoms with Crippen LogP contribution in [-0.4, -0.2) is 23.2 Å². The van der Waals surface area contributed by atoms with Crippen LogP contribution < -0.4 is 5.32 Å². The highest BCUT2D eigenvalue weighted by Gasteiger charge is 2.26. The molecule has 1 aromatic carbocycles. The molecule has 2 rings (SSSR count). The quantitative estimate of drug-likeness (QED) is 0.752. The molecule has 0 aromatic heterocycles. The molecule has 1 aliphatic rings. The lowest BCUT2D eigenvalue weighted by Gasteiger charge is -2.28. The van der Waals surface area contributed by atoms with E-state index in [4.69, 9.17) is 0 Å². The standard InChI is InChI=1S/C12H15NO2/c14-11-6-7-12(15)13-10(11)8-9-4-2-1-3-5-9/h1-5,10-11,14H,6-8H2,(H,13,15)/t10-,11-/m0/s1. The van der Waals surface area contributed by atoms with E-state index in [0.717, 1.165) is 5.56 Å². The summed E-state index contributed by atoms with van der Waals surface area (Å²) in [4.78, 5) is 11.2. The Kier molecular flexibility index (Phi) is 3.02. The van der Waals surface area contributed by atoms with E-state index in [1.165, 1.54) is 0 Å². The molecule has 80 valence electrons. The summed E-state index contributed by atoms with van der Waals surface area (Å²) in [7, 11) is 0. The molecule has 1 amide bonds. The number of amides is 1. The second kappa shape index (κ2) is 4.45. The Morgan fingerprint density at radius 3 is 2.80 bits per heavy atom. The lowest BCUT2D eigenvalue weighted by Crippen LogP contribution is -2.49. The highest BCUT2D eigenvalue weighted by molar-refractivity contribution is 5.77. The predicted octanol–water partition coefficient (Wildman–Crippen LogP) is 0.869. The van der Waals surface area contributed by atoms with Gasteiger partial charge in [0.25, 0.3) is 0 Å². The van der Waals surface area contributed by atoms with Gasteiger partial charge in [-0.1, -0.05) is 30.3 Å². The van der Waals surface area contributed by atoms with Crippen LogP contribution in [0.4, 0.5) is 0 Å². The maximum absolute atomic E-state index is 11.2. The van der Waals surface area contributed by atoms with E-state index in [1.54, 1.807) is 0 Å². The van der Waals surface area contributed by atoms with Crippen LogP contribution >= 0.6 is 0 Å². The average Bonchev–Trinajstić information content (AvgIpc) is 2.25. The van der Waals surface area contributed by atoms with Crippen molar-refractivity contribution in [1.82, 2.24) is 5.32 Å². The molecule has 3 heteroatoms. The molecule has 0 radical (unpaired) electrons. The fraction of sp³-hybridized carbons (Fsp3) is 0.417. The molecule has 1 fully saturated rings. The first kappa shape index (κ1) is 10.2. The monoisotopic (exact) mass is 205 g/mol. The van der Waals surface area contributed by atoms with Gasteiger partial charge in [-0.25, -0.2) is 0 Å². The topological polar surface area (TPSA) is 49.3 Å². The first-order chi connectivity index (χ1) is 7.25. The number of rotatable bonds is 2. The molecule has 2 atom stereocenters. The van der Waals surface area contributed by atoms with Gasteiger partial charge in [-0.3, -0.25) is 4.79 Å². The lowest BCUT2D eigenvalue weighted by atomic mass is 9.95. The van der Waals surface area contributed by atoms with Gasteiger partial charge in [0.1, 0.15) is 0 Å². The van der Waals surface area contributed by atoms with Gasteiger partial charge in [-0.15, -0.1) is 0 Å². The van der Waals surface area contributed by atoms with Gasteiger partial charge in [-0.05, 0) is 18.4 Å². The summed E-state index contributed by atoms with van der Waals surface area (Å²) in [6.45, 7) is 0. The number of hydrogen-bond acceptors (Lipinski definition) is 2. The number of nitrogens with one attached hydrogen (secondary N) is 1. The smallest absolute Gasteiger partial charge is 0.220 e. The summed E-state index contributed by atoms with van der Waals surface area (Å²) in [5.41, 5.74) is 1.14. The summed E-state index contributed by atoms with van der Waals surface area (Å²) in [6, 6.07) is 9.77. The predicted molar refractivity (Wildman–Crippen MR) is 57.3 cm³/mol. The number of carbonyl (C=O) groups excluding carboxylic acids is 1. The zero-order chi connectivity index (χ0) is 10.7. The van der Waals surface area contributed by atoms with Crippen LogP contribution in [0.1, 0.15) is 18.4 Å². The van der Waals surface area contributed by atoms with Crippen molar-refractivity contribution >= 4 is 5.91 Å². The summed E-state index contributed by atoms with van der Waals surface area (Å²) in [5, 5.41) is 12.6. The van der Waals surface area contributed by atoms with Gasteiger partial charge >= 0.3 is 0 Å². The van der Waals surface area contributed by atoms with E-state index in [9.17, 15) is 9.90 Å². The Bertz CT molecular complexity index is 337. The number of hydrogen-bond donors (Lipinski definition) is 2. The van der Waals surface area contributed by atoms with Crippen LogP contribution in [0.3, 0.4) is 0 Å². The maximum atomic E-state index is 11.2. The van der Waals surface area contributed by atoms with Crippen molar-refractivity contribution in [3.05, 3.63) is 35.9 Å². The largest absolute Gasteiger partial charge is 0.391 e.